The van der Waals surface area contributed by atoms with Crippen molar-refractivity contribution in [3.8, 4) is 0 Å². The second-order valence-corrected chi connectivity index (χ2v) is 17.9. The van der Waals surface area contributed by atoms with E-state index in [9.17, 15) is 55.2 Å². The minimum atomic E-state index is -1.95. The van der Waals surface area contributed by atoms with E-state index in [0.29, 0.717) is 36.8 Å². The second kappa shape index (κ2) is 15.8. The molecule has 0 radical (unpaired) electrons. The van der Waals surface area contributed by atoms with Crippen LogP contribution in [0.25, 0.3) is 0 Å². The Bertz CT molecular complexity index is 1530. The zero-order valence-corrected chi connectivity index (χ0v) is 32.3. The van der Waals surface area contributed by atoms with Gasteiger partial charge in [0.1, 0.15) is 42.7 Å². The van der Waals surface area contributed by atoms with Crippen LogP contribution in [0, 0.1) is 46.3 Å². The van der Waals surface area contributed by atoms with Gasteiger partial charge in [-0.2, -0.15) is 0 Å². The third-order valence-electron chi connectivity index (χ3n) is 14.5. The van der Waals surface area contributed by atoms with Gasteiger partial charge in [-0.3, -0.25) is 9.59 Å². The summed E-state index contributed by atoms with van der Waals surface area (Å²) < 4.78 is 23.3. The number of aliphatic carboxylic acids is 1. The van der Waals surface area contributed by atoms with E-state index in [1.165, 1.54) is 0 Å². The van der Waals surface area contributed by atoms with Crippen LogP contribution in [0.4, 0.5) is 0 Å². The fourth-order valence-corrected chi connectivity index (χ4v) is 11.3. The molecule has 0 unspecified atom stereocenters. The molecule has 0 spiro atoms. The van der Waals surface area contributed by atoms with E-state index in [0.717, 1.165) is 19.3 Å². The first-order valence-electron chi connectivity index (χ1n) is 19.8. The van der Waals surface area contributed by atoms with Gasteiger partial charge in [-0.25, -0.2) is 4.79 Å². The second-order valence-electron chi connectivity index (χ2n) is 17.9. The lowest BCUT2D eigenvalue weighted by atomic mass is 9.44. The van der Waals surface area contributed by atoms with Gasteiger partial charge in [-0.15, -0.1) is 0 Å². The highest BCUT2D eigenvalue weighted by Gasteiger charge is 2.64. The quantitative estimate of drug-likeness (QED) is 0.109. The summed E-state index contributed by atoms with van der Waals surface area (Å²) in [4.78, 5) is 39.0. The Morgan fingerprint density at radius 2 is 1.58 bits per heavy atom. The predicted octanol–water partition coefficient (Wildman–Crippen LogP) is 1.54. The highest BCUT2D eigenvalue weighted by molar-refractivity contribution is 6.01. The van der Waals surface area contributed by atoms with Crippen molar-refractivity contribution in [3.05, 3.63) is 23.5 Å². The molecule has 6 rings (SSSR count). The highest BCUT2D eigenvalue weighted by Crippen LogP contribution is 2.67. The van der Waals surface area contributed by atoms with Crippen molar-refractivity contribution in [1.82, 2.24) is 0 Å². The molecule has 4 aliphatic carbocycles. The monoisotopic (exact) mass is 780 g/mol. The normalized spacial score (nSPS) is 46.5. The van der Waals surface area contributed by atoms with Gasteiger partial charge in [0.2, 0.25) is 5.78 Å². The first-order valence-corrected chi connectivity index (χ1v) is 19.8. The maximum absolute atomic E-state index is 14.0. The molecule has 6 aliphatic rings. The van der Waals surface area contributed by atoms with Crippen LogP contribution in [0.5, 0.6) is 0 Å². The number of hydrogen-bond donors (Lipinski definition) is 8. The number of aliphatic hydroxyl groups is 7. The molecule has 2 saturated heterocycles. The molecule has 55 heavy (non-hydrogen) atoms. The molecule has 3 saturated carbocycles. The van der Waals surface area contributed by atoms with E-state index in [4.69, 9.17) is 18.9 Å². The molecule has 0 amide bonds. The summed E-state index contributed by atoms with van der Waals surface area (Å²) in [7, 11) is 0. The largest absolute Gasteiger partial charge is 0.504 e. The van der Waals surface area contributed by atoms with Crippen LogP contribution in [0.2, 0.25) is 0 Å². The molecule has 0 aromatic carbocycles. The number of hydrogen-bond acceptors (Lipinski definition) is 14. The lowest BCUT2D eigenvalue weighted by Crippen LogP contribution is -2.65. The molecule has 0 aromatic rings. The Labute approximate surface area is 321 Å². The van der Waals surface area contributed by atoms with Crippen molar-refractivity contribution in [1.29, 1.82) is 0 Å². The summed E-state index contributed by atoms with van der Waals surface area (Å²) >= 11 is 0. The molecular weight excluding hydrogens is 720 g/mol. The van der Waals surface area contributed by atoms with Gasteiger partial charge < -0.3 is 59.8 Å². The van der Waals surface area contributed by atoms with Crippen LogP contribution < -0.4 is 0 Å². The average molecular weight is 781 g/mol. The molecule has 2 aliphatic heterocycles. The third kappa shape index (κ3) is 7.25. The van der Waals surface area contributed by atoms with Gasteiger partial charge in [0.05, 0.1) is 12.7 Å². The molecule has 2 heterocycles. The molecule has 18 atom stereocenters. The van der Waals surface area contributed by atoms with Gasteiger partial charge >= 0.3 is 5.97 Å². The van der Waals surface area contributed by atoms with Gasteiger partial charge in [0.25, 0.3) is 0 Å². The van der Waals surface area contributed by atoms with E-state index in [2.05, 4.69) is 20.4 Å². The van der Waals surface area contributed by atoms with Crippen LogP contribution in [0.1, 0.15) is 86.0 Å². The first kappa shape index (κ1) is 42.3. The van der Waals surface area contributed by atoms with Gasteiger partial charge in [-0.05, 0) is 91.1 Å². The summed E-state index contributed by atoms with van der Waals surface area (Å²) in [6.07, 6.45) is -12.7. The third-order valence-corrected chi connectivity index (χ3v) is 14.5. The number of fused-ring (bicyclic) bond motifs is 5. The number of Topliss-reactive ketones (excluding diaryl/α,β-unsaturated/α-hetero) is 2. The van der Waals surface area contributed by atoms with Gasteiger partial charge in [0.15, 0.2) is 30.2 Å². The molecule has 0 bridgehead atoms. The SMILES string of the molecule is C=C(C(=O)C[C@@H](C)C1=C(O)C(=O)[C@@H]2[C@@H]3CC[C@H]4C[C@@H](O[C@@H]5O[C@H](C(=O)O)[C@@H](O)[C@H](O)[C@H]5O[C@@H]5O[C@H](CO)[C@@H](O)[C@H](O)[C@H]5O)CC[C@]4(C)[C@H]3CC[C@]12C)C(C)C. The maximum atomic E-state index is 14.0. The fourth-order valence-electron chi connectivity index (χ4n) is 11.3. The predicted molar refractivity (Wildman–Crippen MR) is 192 cm³/mol. The number of carboxylic acid groups (broad SMARTS) is 1. The van der Waals surface area contributed by atoms with E-state index < -0.39 is 91.4 Å². The summed E-state index contributed by atoms with van der Waals surface area (Å²) in [6.45, 7) is 13.3. The highest BCUT2D eigenvalue weighted by atomic mass is 16.8. The van der Waals surface area contributed by atoms with Gasteiger partial charge in [-0.1, -0.05) is 41.2 Å². The molecule has 15 heteroatoms. The summed E-state index contributed by atoms with van der Waals surface area (Å²) in [5.74, 6) is -2.36. The van der Waals surface area contributed by atoms with Crippen molar-refractivity contribution >= 4 is 17.5 Å². The number of ketones is 2. The van der Waals surface area contributed by atoms with Crippen LogP contribution in [-0.2, 0) is 33.3 Å². The smallest absolute Gasteiger partial charge is 0.335 e. The first-order chi connectivity index (χ1) is 25.8. The van der Waals surface area contributed by atoms with Crippen LogP contribution >= 0.6 is 0 Å². The topological polar surface area (TPSA) is 250 Å². The van der Waals surface area contributed by atoms with Crippen molar-refractivity contribution < 1.29 is 74.2 Å². The molecular formula is C40H60O15. The number of carbonyl (C=O) groups is 3. The zero-order valence-electron chi connectivity index (χ0n) is 32.3. The number of allylic oxidation sites excluding steroid dienone is 3. The lowest BCUT2D eigenvalue weighted by molar-refractivity contribution is -0.369. The maximum Gasteiger partial charge on any atom is 0.335 e. The number of aliphatic hydroxyl groups excluding tert-OH is 7. The molecule has 8 N–H and O–H groups in total. The number of carboxylic acids is 1. The Morgan fingerprint density at radius 1 is 0.891 bits per heavy atom. The molecule has 0 aromatic heterocycles. The summed E-state index contributed by atoms with van der Waals surface area (Å²) in [5, 5.41) is 83.6. The van der Waals surface area contributed by atoms with Gasteiger partial charge in [0, 0.05) is 17.8 Å². The van der Waals surface area contributed by atoms with Crippen LogP contribution in [0.3, 0.4) is 0 Å². The van der Waals surface area contributed by atoms with Crippen molar-refractivity contribution in [2.75, 3.05) is 6.61 Å². The minimum absolute atomic E-state index is 0.00491. The van der Waals surface area contributed by atoms with Crippen LogP contribution in [0.15, 0.2) is 23.5 Å². The Balaban J connectivity index is 1.16. The molecule has 15 nitrogen and oxygen atoms in total. The number of carbonyl (C=O) groups excluding carboxylic acids is 2. The van der Waals surface area contributed by atoms with E-state index >= 15 is 0 Å². The van der Waals surface area contributed by atoms with E-state index in [1.807, 2.05) is 20.8 Å². The minimum Gasteiger partial charge on any atom is -0.504 e. The molecule has 5 fully saturated rings. The summed E-state index contributed by atoms with van der Waals surface area (Å²) in [5.41, 5.74) is 0.480. The Kier molecular flexibility index (Phi) is 12.2. The Hall–Kier alpha value is -2.31. The Morgan fingerprint density at radius 3 is 2.22 bits per heavy atom. The lowest BCUT2D eigenvalue weighted by Gasteiger charge is -2.60. The fraction of sp³-hybridized carbons (Fsp3) is 0.825. The molecule has 310 valence electrons. The van der Waals surface area contributed by atoms with E-state index in [-0.39, 0.29) is 58.8 Å². The van der Waals surface area contributed by atoms with Crippen LogP contribution in [-0.4, -0.2) is 133 Å². The number of ether oxygens (including phenoxy) is 4. The standard InChI is InChI=1S/C40H60O15/c1-16(2)18(4)23(42)13-17(3)25-28(44)29(45)26-21-8-7-19-14-20(9-11-39(19,5)22(21)10-12-40(25,26)6)52-38-35(32(48)31(47)34(54-38)36(50)51)55-37-33(49)30(46)27(43)24(15-41)53-37/h16-17,19-22,24,26-27,30-35,37-38,41,43-44,46-49H,4,7-15H2,1-3,5-6H3,(H,50,51)/t17-,19+,20+,21-,22+,24-,26+,27-,30+,31+,32+,33-,34+,35-,37+,38-,39+,40-/m1/s1. The number of rotatable bonds is 11. The van der Waals surface area contributed by atoms with Crippen molar-refractivity contribution in [3.63, 3.8) is 0 Å². The zero-order chi connectivity index (χ0) is 40.5. The van der Waals surface area contributed by atoms with E-state index in [1.54, 1.807) is 0 Å². The van der Waals surface area contributed by atoms with Crippen molar-refractivity contribution in [2.45, 2.75) is 154 Å². The average Bonchev–Trinajstić information content (AvgIpc) is 3.34. The van der Waals surface area contributed by atoms with Crippen molar-refractivity contribution in [2.24, 2.45) is 46.3 Å². The summed E-state index contributed by atoms with van der Waals surface area (Å²) in [6, 6.07) is 0.